The second kappa shape index (κ2) is 4.38. The molecular formula is C13H13BrN4S. The van der Waals surface area contributed by atoms with E-state index in [1.807, 2.05) is 22.7 Å². The van der Waals surface area contributed by atoms with Crippen LogP contribution in [0.5, 0.6) is 0 Å². The molecule has 6 heteroatoms. The molecule has 3 rings (SSSR count). The molecule has 0 fully saturated rings. The van der Waals surface area contributed by atoms with Crippen LogP contribution in [0.4, 0.5) is 0 Å². The number of fused-ring (bicyclic) bond motifs is 1. The summed E-state index contributed by atoms with van der Waals surface area (Å²) in [6.45, 7) is 6.34. The highest BCUT2D eigenvalue weighted by molar-refractivity contribution is 9.10. The Labute approximate surface area is 123 Å². The van der Waals surface area contributed by atoms with Crippen molar-refractivity contribution in [3.05, 3.63) is 34.6 Å². The number of hydrogen-bond donors (Lipinski definition) is 0. The lowest BCUT2D eigenvalue weighted by molar-refractivity contribution is 0.528. The third-order valence-electron chi connectivity index (χ3n) is 2.73. The molecule has 0 amide bonds. The molecule has 1 aromatic carbocycles. The van der Waals surface area contributed by atoms with Gasteiger partial charge in [-0.15, -0.1) is 10.2 Å². The van der Waals surface area contributed by atoms with E-state index in [2.05, 4.69) is 58.1 Å². The van der Waals surface area contributed by atoms with E-state index in [1.54, 1.807) is 11.3 Å². The molecule has 2 heterocycles. The molecule has 0 unspecified atom stereocenters. The fraction of sp³-hybridized carbons (Fsp3) is 0.308. The van der Waals surface area contributed by atoms with Crippen LogP contribution in [0, 0.1) is 0 Å². The van der Waals surface area contributed by atoms with Gasteiger partial charge in [-0.1, -0.05) is 60.2 Å². The molecule has 0 atom stereocenters. The van der Waals surface area contributed by atoms with Crippen LogP contribution in [0.15, 0.2) is 28.7 Å². The quantitative estimate of drug-likeness (QED) is 0.676. The molecule has 0 bridgehead atoms. The molecule has 0 radical (unpaired) electrons. The third-order valence-corrected chi connectivity index (χ3v) is 4.17. The van der Waals surface area contributed by atoms with Gasteiger partial charge in [-0.25, -0.2) is 0 Å². The zero-order valence-corrected chi connectivity index (χ0v) is 13.3. The first-order chi connectivity index (χ1) is 8.95. The second-order valence-electron chi connectivity index (χ2n) is 5.39. The number of rotatable bonds is 1. The molecule has 0 aliphatic heterocycles. The number of hydrogen-bond acceptors (Lipinski definition) is 4. The molecule has 0 aliphatic rings. The molecule has 0 saturated heterocycles. The van der Waals surface area contributed by atoms with Crippen LogP contribution in [-0.4, -0.2) is 19.8 Å². The molecule has 2 aromatic heterocycles. The van der Waals surface area contributed by atoms with Crippen LogP contribution in [0.1, 0.15) is 26.6 Å². The third kappa shape index (κ3) is 2.30. The van der Waals surface area contributed by atoms with Crippen molar-refractivity contribution >= 4 is 32.2 Å². The molecule has 0 N–H and O–H groups in total. The van der Waals surface area contributed by atoms with Crippen LogP contribution in [-0.2, 0) is 5.41 Å². The predicted octanol–water partition coefficient (Wildman–Crippen LogP) is 3.91. The highest BCUT2D eigenvalue weighted by Crippen LogP contribution is 2.29. The van der Waals surface area contributed by atoms with Crippen molar-refractivity contribution < 1.29 is 0 Å². The van der Waals surface area contributed by atoms with E-state index in [-0.39, 0.29) is 5.41 Å². The van der Waals surface area contributed by atoms with Gasteiger partial charge in [-0.3, -0.25) is 0 Å². The molecule has 98 valence electrons. The minimum Gasteiger partial charge on any atom is -0.186 e. The van der Waals surface area contributed by atoms with E-state index < -0.39 is 0 Å². The summed E-state index contributed by atoms with van der Waals surface area (Å²) in [5.74, 6) is 0.889. The summed E-state index contributed by atoms with van der Waals surface area (Å²) in [7, 11) is 0. The SMILES string of the molecule is CC(C)(C)c1nnc2sc(-c3cccc(Br)c3)nn12. The van der Waals surface area contributed by atoms with Gasteiger partial charge in [0.25, 0.3) is 0 Å². The lowest BCUT2D eigenvalue weighted by Crippen LogP contribution is -2.16. The van der Waals surface area contributed by atoms with Crippen LogP contribution >= 0.6 is 27.3 Å². The van der Waals surface area contributed by atoms with Crippen molar-refractivity contribution in [1.29, 1.82) is 0 Å². The molecule has 19 heavy (non-hydrogen) atoms. The van der Waals surface area contributed by atoms with Crippen LogP contribution in [0.2, 0.25) is 0 Å². The van der Waals surface area contributed by atoms with E-state index in [0.717, 1.165) is 25.8 Å². The highest BCUT2D eigenvalue weighted by atomic mass is 79.9. The van der Waals surface area contributed by atoms with E-state index in [4.69, 9.17) is 0 Å². The number of aromatic nitrogens is 4. The minimum absolute atomic E-state index is 0.0674. The zero-order chi connectivity index (χ0) is 13.6. The van der Waals surface area contributed by atoms with Gasteiger partial charge in [0.15, 0.2) is 5.82 Å². The largest absolute Gasteiger partial charge is 0.235 e. The summed E-state index contributed by atoms with van der Waals surface area (Å²) < 4.78 is 2.90. The van der Waals surface area contributed by atoms with Crippen LogP contribution in [0.25, 0.3) is 15.5 Å². The maximum absolute atomic E-state index is 4.64. The predicted molar refractivity (Wildman–Crippen MR) is 80.5 cm³/mol. The Morgan fingerprint density at radius 2 is 2.00 bits per heavy atom. The average Bonchev–Trinajstić information content (AvgIpc) is 2.85. The summed E-state index contributed by atoms with van der Waals surface area (Å²) in [5, 5.41) is 14.0. The van der Waals surface area contributed by atoms with Crippen LogP contribution < -0.4 is 0 Å². The van der Waals surface area contributed by atoms with Crippen molar-refractivity contribution in [2.75, 3.05) is 0 Å². The second-order valence-corrected chi connectivity index (χ2v) is 7.26. The average molecular weight is 337 g/mol. The molecule has 3 aromatic rings. The Kier molecular flexibility index (Phi) is 2.94. The molecule has 0 saturated carbocycles. The van der Waals surface area contributed by atoms with E-state index in [0.29, 0.717) is 0 Å². The summed E-state index contributed by atoms with van der Waals surface area (Å²) in [5.41, 5.74) is 1.02. The molecule has 0 aliphatic carbocycles. The fourth-order valence-electron chi connectivity index (χ4n) is 1.82. The van der Waals surface area contributed by atoms with Gasteiger partial charge in [0.1, 0.15) is 5.01 Å². The van der Waals surface area contributed by atoms with Crippen molar-refractivity contribution in [1.82, 2.24) is 19.8 Å². The van der Waals surface area contributed by atoms with Crippen LogP contribution in [0.3, 0.4) is 0 Å². The summed E-state index contributed by atoms with van der Waals surface area (Å²) in [6.07, 6.45) is 0. The van der Waals surface area contributed by atoms with Gasteiger partial charge in [-0.2, -0.15) is 9.61 Å². The van der Waals surface area contributed by atoms with Gasteiger partial charge in [0.2, 0.25) is 4.96 Å². The number of halogens is 1. The zero-order valence-electron chi connectivity index (χ0n) is 10.9. The molecule has 0 spiro atoms. The van der Waals surface area contributed by atoms with Gasteiger partial charge >= 0.3 is 0 Å². The number of benzene rings is 1. The maximum atomic E-state index is 4.64. The summed E-state index contributed by atoms with van der Waals surface area (Å²) >= 11 is 5.04. The highest BCUT2D eigenvalue weighted by Gasteiger charge is 2.23. The Balaban J connectivity index is 2.15. The van der Waals surface area contributed by atoms with Crippen molar-refractivity contribution in [3.8, 4) is 10.6 Å². The van der Waals surface area contributed by atoms with Crippen molar-refractivity contribution in [2.45, 2.75) is 26.2 Å². The lowest BCUT2D eigenvalue weighted by Gasteiger charge is -2.13. The van der Waals surface area contributed by atoms with Gasteiger partial charge in [-0.05, 0) is 12.1 Å². The first kappa shape index (κ1) is 12.7. The Hall–Kier alpha value is -1.27. The monoisotopic (exact) mass is 336 g/mol. The maximum Gasteiger partial charge on any atom is 0.235 e. The normalized spacial score (nSPS) is 12.2. The van der Waals surface area contributed by atoms with E-state index >= 15 is 0 Å². The lowest BCUT2D eigenvalue weighted by atomic mass is 9.96. The van der Waals surface area contributed by atoms with Gasteiger partial charge in [0.05, 0.1) is 0 Å². The smallest absolute Gasteiger partial charge is 0.186 e. The fourth-order valence-corrected chi connectivity index (χ4v) is 3.06. The first-order valence-corrected chi connectivity index (χ1v) is 7.55. The molecule has 4 nitrogen and oxygen atoms in total. The summed E-state index contributed by atoms with van der Waals surface area (Å²) in [6, 6.07) is 8.12. The van der Waals surface area contributed by atoms with Gasteiger partial charge < -0.3 is 0 Å². The van der Waals surface area contributed by atoms with E-state index in [9.17, 15) is 0 Å². The Bertz CT molecular complexity index is 739. The molecular weight excluding hydrogens is 324 g/mol. The van der Waals surface area contributed by atoms with Crippen molar-refractivity contribution in [2.24, 2.45) is 0 Å². The summed E-state index contributed by atoms with van der Waals surface area (Å²) in [4.78, 5) is 0.833. The van der Waals surface area contributed by atoms with Gasteiger partial charge in [0, 0.05) is 15.5 Å². The first-order valence-electron chi connectivity index (χ1n) is 5.94. The number of nitrogens with zero attached hydrogens (tertiary/aromatic N) is 4. The van der Waals surface area contributed by atoms with E-state index in [1.165, 1.54) is 0 Å². The Morgan fingerprint density at radius 3 is 2.68 bits per heavy atom. The minimum atomic E-state index is -0.0674. The topological polar surface area (TPSA) is 43.1 Å². The Morgan fingerprint density at radius 1 is 1.21 bits per heavy atom. The van der Waals surface area contributed by atoms with Crippen molar-refractivity contribution in [3.63, 3.8) is 0 Å². The standard InChI is InChI=1S/C13H13BrN4S/c1-13(2,3)11-15-16-12-18(11)17-10(19-12)8-5-4-6-9(14)7-8/h4-7H,1-3H3.